The second-order valence-electron chi connectivity index (χ2n) is 3.81. The fourth-order valence-corrected chi connectivity index (χ4v) is 1.75. The molecule has 74 valence electrons. The minimum Gasteiger partial charge on any atom is -0.450 e. The van der Waals surface area contributed by atoms with E-state index in [-0.39, 0.29) is 11.6 Å². The first-order chi connectivity index (χ1) is 6.08. The van der Waals surface area contributed by atoms with Gasteiger partial charge in [0.2, 0.25) is 0 Å². The minimum atomic E-state index is -0.366. The van der Waals surface area contributed by atoms with E-state index in [1.165, 1.54) is 6.08 Å². The third-order valence-corrected chi connectivity index (χ3v) is 2.08. The van der Waals surface area contributed by atoms with Gasteiger partial charge in [-0.3, -0.25) is 0 Å². The summed E-state index contributed by atoms with van der Waals surface area (Å²) in [6.45, 7) is 2.86. The van der Waals surface area contributed by atoms with Gasteiger partial charge < -0.3 is 9.64 Å². The lowest BCUT2D eigenvalue weighted by Crippen LogP contribution is -2.39. The Balaban J connectivity index is 2.66. The summed E-state index contributed by atoms with van der Waals surface area (Å²) in [6.07, 6.45) is 5.33. The third kappa shape index (κ3) is 2.56. The van der Waals surface area contributed by atoms with Crippen molar-refractivity contribution in [2.45, 2.75) is 25.4 Å². The first kappa shape index (κ1) is 10.3. The molecule has 0 spiro atoms. The zero-order chi connectivity index (χ0) is 9.90. The summed E-state index contributed by atoms with van der Waals surface area (Å²) in [5.74, 6) is -0.213. The standard InChI is InChI=1S/C10H17NO2/c1-4-6-10(8-11(2)3)7-5-9(12)13-10/h5,7H,4,6,8H2,1-3H3. The van der Waals surface area contributed by atoms with E-state index in [0.29, 0.717) is 0 Å². The van der Waals surface area contributed by atoms with Crippen molar-refractivity contribution in [2.75, 3.05) is 20.6 Å². The van der Waals surface area contributed by atoms with Crippen LogP contribution in [-0.2, 0) is 9.53 Å². The molecule has 0 aromatic rings. The van der Waals surface area contributed by atoms with E-state index in [1.807, 2.05) is 25.1 Å². The van der Waals surface area contributed by atoms with Crippen LogP contribution in [0.1, 0.15) is 19.8 Å². The van der Waals surface area contributed by atoms with Crippen LogP contribution in [0.25, 0.3) is 0 Å². The number of nitrogens with zero attached hydrogens (tertiary/aromatic N) is 1. The molecule has 0 fully saturated rings. The van der Waals surface area contributed by atoms with Crippen molar-refractivity contribution in [1.82, 2.24) is 4.90 Å². The molecule has 1 heterocycles. The molecule has 1 rings (SSSR count). The smallest absolute Gasteiger partial charge is 0.331 e. The van der Waals surface area contributed by atoms with Crippen molar-refractivity contribution >= 4 is 5.97 Å². The van der Waals surface area contributed by atoms with Gasteiger partial charge in [0.05, 0.1) is 0 Å². The second-order valence-corrected chi connectivity index (χ2v) is 3.81. The van der Waals surface area contributed by atoms with E-state index in [2.05, 4.69) is 6.92 Å². The van der Waals surface area contributed by atoms with Crippen molar-refractivity contribution in [3.8, 4) is 0 Å². The number of ether oxygens (including phenoxy) is 1. The van der Waals surface area contributed by atoms with Crippen LogP contribution in [0.15, 0.2) is 12.2 Å². The number of carbonyl (C=O) groups is 1. The zero-order valence-electron chi connectivity index (χ0n) is 8.54. The lowest BCUT2D eigenvalue weighted by molar-refractivity contribution is -0.147. The molecule has 1 unspecified atom stereocenters. The quantitative estimate of drug-likeness (QED) is 0.613. The molecule has 0 aromatic carbocycles. The molecule has 0 saturated heterocycles. The van der Waals surface area contributed by atoms with Gasteiger partial charge in [0.25, 0.3) is 0 Å². The Kier molecular flexibility index (Phi) is 3.09. The van der Waals surface area contributed by atoms with Crippen molar-refractivity contribution in [2.24, 2.45) is 0 Å². The van der Waals surface area contributed by atoms with Gasteiger partial charge in [0.15, 0.2) is 0 Å². The monoisotopic (exact) mass is 183 g/mol. The van der Waals surface area contributed by atoms with Crippen molar-refractivity contribution in [3.63, 3.8) is 0 Å². The van der Waals surface area contributed by atoms with Gasteiger partial charge in [0, 0.05) is 12.6 Å². The van der Waals surface area contributed by atoms with E-state index in [4.69, 9.17) is 4.74 Å². The van der Waals surface area contributed by atoms with E-state index in [1.54, 1.807) is 0 Å². The van der Waals surface area contributed by atoms with Gasteiger partial charge in [-0.1, -0.05) is 13.3 Å². The first-order valence-electron chi connectivity index (χ1n) is 4.65. The van der Waals surface area contributed by atoms with Crippen LogP contribution >= 0.6 is 0 Å². The number of hydrogen-bond acceptors (Lipinski definition) is 3. The number of hydrogen-bond donors (Lipinski definition) is 0. The number of rotatable bonds is 4. The molecular weight excluding hydrogens is 166 g/mol. The van der Waals surface area contributed by atoms with E-state index < -0.39 is 0 Å². The van der Waals surface area contributed by atoms with Crippen LogP contribution in [-0.4, -0.2) is 37.1 Å². The molecule has 0 aliphatic carbocycles. The van der Waals surface area contributed by atoms with Crippen LogP contribution in [0, 0.1) is 0 Å². The number of cyclic esters (lactones) is 1. The molecule has 0 saturated carbocycles. The molecule has 1 atom stereocenters. The summed E-state index contributed by atoms with van der Waals surface area (Å²) in [5, 5.41) is 0. The summed E-state index contributed by atoms with van der Waals surface area (Å²) < 4.78 is 5.31. The molecule has 0 amide bonds. The average Bonchev–Trinajstić information content (AvgIpc) is 2.31. The van der Waals surface area contributed by atoms with E-state index >= 15 is 0 Å². The Bertz CT molecular complexity index is 223. The van der Waals surface area contributed by atoms with Gasteiger partial charge in [-0.05, 0) is 26.6 Å². The van der Waals surface area contributed by atoms with E-state index in [9.17, 15) is 4.79 Å². The van der Waals surface area contributed by atoms with Crippen LogP contribution in [0.2, 0.25) is 0 Å². The van der Waals surface area contributed by atoms with Crippen molar-refractivity contribution in [1.29, 1.82) is 0 Å². The van der Waals surface area contributed by atoms with Gasteiger partial charge in [-0.25, -0.2) is 4.79 Å². The Morgan fingerprint density at radius 3 is 2.62 bits per heavy atom. The SMILES string of the molecule is CCCC1(CN(C)C)C=CC(=O)O1. The van der Waals surface area contributed by atoms with Gasteiger partial charge in [0.1, 0.15) is 5.60 Å². The normalized spacial score (nSPS) is 26.9. The molecule has 0 bridgehead atoms. The maximum atomic E-state index is 11.0. The Hall–Kier alpha value is -0.830. The van der Waals surface area contributed by atoms with Crippen molar-refractivity contribution in [3.05, 3.63) is 12.2 Å². The lowest BCUT2D eigenvalue weighted by Gasteiger charge is -2.29. The topological polar surface area (TPSA) is 29.5 Å². The fourth-order valence-electron chi connectivity index (χ4n) is 1.75. The van der Waals surface area contributed by atoms with E-state index in [0.717, 1.165) is 19.4 Å². The summed E-state index contributed by atoms with van der Waals surface area (Å²) >= 11 is 0. The molecule has 0 aromatic heterocycles. The molecular formula is C10H17NO2. The Labute approximate surface area is 79.4 Å². The first-order valence-corrected chi connectivity index (χ1v) is 4.65. The number of likely N-dealkylation sites (N-methyl/N-ethyl adjacent to an activating group) is 1. The largest absolute Gasteiger partial charge is 0.450 e. The highest BCUT2D eigenvalue weighted by molar-refractivity contribution is 5.85. The highest BCUT2D eigenvalue weighted by Gasteiger charge is 2.35. The molecule has 0 radical (unpaired) electrons. The summed E-state index contributed by atoms with van der Waals surface area (Å²) in [6, 6.07) is 0. The fraction of sp³-hybridized carbons (Fsp3) is 0.700. The molecule has 0 N–H and O–H groups in total. The lowest BCUT2D eigenvalue weighted by atomic mass is 9.98. The summed E-state index contributed by atoms with van der Waals surface area (Å²) in [5.41, 5.74) is -0.366. The van der Waals surface area contributed by atoms with Crippen LogP contribution < -0.4 is 0 Å². The van der Waals surface area contributed by atoms with Crippen LogP contribution in [0.3, 0.4) is 0 Å². The zero-order valence-corrected chi connectivity index (χ0v) is 8.54. The minimum absolute atomic E-state index is 0.213. The highest BCUT2D eigenvalue weighted by atomic mass is 16.6. The number of carbonyl (C=O) groups excluding carboxylic acids is 1. The predicted octanol–water partition coefficient (Wildman–Crippen LogP) is 1.20. The average molecular weight is 183 g/mol. The van der Waals surface area contributed by atoms with Crippen LogP contribution in [0.4, 0.5) is 0 Å². The molecule has 13 heavy (non-hydrogen) atoms. The van der Waals surface area contributed by atoms with Gasteiger partial charge in [-0.2, -0.15) is 0 Å². The molecule has 1 aliphatic heterocycles. The molecule has 1 aliphatic rings. The number of esters is 1. The predicted molar refractivity (Wildman–Crippen MR) is 51.4 cm³/mol. The highest BCUT2D eigenvalue weighted by Crippen LogP contribution is 2.25. The maximum absolute atomic E-state index is 11.0. The van der Waals surface area contributed by atoms with Crippen LogP contribution in [0.5, 0.6) is 0 Å². The maximum Gasteiger partial charge on any atom is 0.331 e. The Morgan fingerprint density at radius 1 is 1.54 bits per heavy atom. The van der Waals surface area contributed by atoms with Crippen molar-refractivity contribution < 1.29 is 9.53 Å². The van der Waals surface area contributed by atoms with Gasteiger partial charge >= 0.3 is 5.97 Å². The van der Waals surface area contributed by atoms with Gasteiger partial charge in [-0.15, -0.1) is 0 Å². The summed E-state index contributed by atoms with van der Waals surface area (Å²) in [4.78, 5) is 13.0. The second kappa shape index (κ2) is 3.92. The summed E-state index contributed by atoms with van der Waals surface area (Å²) in [7, 11) is 3.97. The Morgan fingerprint density at radius 2 is 2.23 bits per heavy atom. The third-order valence-electron chi connectivity index (χ3n) is 2.08. The molecule has 3 nitrogen and oxygen atoms in total. The molecule has 3 heteroatoms.